The third-order valence-corrected chi connectivity index (χ3v) is 2.62. The normalized spacial score (nSPS) is 11.4. The molecule has 114 valence electrons. The molecule has 0 aliphatic rings. The summed E-state index contributed by atoms with van der Waals surface area (Å²) in [6.45, 7) is 8.20. The molecule has 7 heteroatoms. The zero-order chi connectivity index (χ0) is 15.5. The highest BCUT2D eigenvalue weighted by Gasteiger charge is 2.16. The molecule has 2 heterocycles. The van der Waals surface area contributed by atoms with Crippen molar-refractivity contribution in [3.05, 3.63) is 35.7 Å². The molecule has 0 saturated carbocycles. The zero-order valence-electron chi connectivity index (χ0n) is 12.7. The average Bonchev–Trinajstić information content (AvgIpc) is 2.94. The summed E-state index contributed by atoms with van der Waals surface area (Å²) in [6, 6.07) is 1.87. The lowest BCUT2D eigenvalue weighted by Crippen LogP contribution is -2.32. The minimum Gasteiger partial charge on any atom is -0.444 e. The Morgan fingerprint density at radius 3 is 2.86 bits per heavy atom. The quantitative estimate of drug-likeness (QED) is 0.934. The van der Waals surface area contributed by atoms with Crippen LogP contribution in [0.2, 0.25) is 0 Å². The number of nitrogens with zero attached hydrogens (tertiary/aromatic N) is 3. The summed E-state index contributed by atoms with van der Waals surface area (Å²) < 4.78 is 12.1. The van der Waals surface area contributed by atoms with Gasteiger partial charge in [0, 0.05) is 12.3 Å². The first kappa shape index (κ1) is 15.1. The lowest BCUT2D eigenvalue weighted by atomic mass is 10.2. The van der Waals surface area contributed by atoms with Crippen molar-refractivity contribution in [1.82, 2.24) is 20.0 Å². The van der Waals surface area contributed by atoms with Crippen LogP contribution in [0.1, 0.15) is 37.9 Å². The van der Waals surface area contributed by atoms with E-state index in [2.05, 4.69) is 15.5 Å². The lowest BCUT2D eigenvalue weighted by Gasteiger charge is -2.19. The van der Waals surface area contributed by atoms with Crippen LogP contribution in [0.25, 0.3) is 0 Å². The van der Waals surface area contributed by atoms with Gasteiger partial charge in [-0.05, 0) is 27.7 Å². The molecule has 0 aromatic carbocycles. The summed E-state index contributed by atoms with van der Waals surface area (Å²) >= 11 is 0. The Labute approximate surface area is 123 Å². The number of hydrogen-bond acceptors (Lipinski definition) is 5. The van der Waals surface area contributed by atoms with Gasteiger partial charge in [-0.2, -0.15) is 0 Å². The van der Waals surface area contributed by atoms with Gasteiger partial charge in [-0.3, -0.25) is 0 Å². The maximum Gasteiger partial charge on any atom is 0.407 e. The Bertz CT molecular complexity index is 610. The van der Waals surface area contributed by atoms with Crippen LogP contribution in [0.3, 0.4) is 0 Å². The predicted octanol–water partition coefficient (Wildman–Crippen LogP) is 2.25. The fourth-order valence-electron chi connectivity index (χ4n) is 1.78. The number of hydrogen-bond donors (Lipinski definition) is 1. The molecule has 0 aliphatic carbocycles. The van der Waals surface area contributed by atoms with E-state index < -0.39 is 11.7 Å². The number of carbonyl (C=O) groups is 1. The second-order valence-corrected chi connectivity index (χ2v) is 5.80. The third-order valence-electron chi connectivity index (χ3n) is 2.62. The number of rotatable bonds is 4. The first-order valence-corrected chi connectivity index (χ1v) is 6.71. The standard InChI is InChI=1S/C14H20N4O3/c1-10-5-11(17-21-10)8-18-9-15-6-12(18)7-16-13(19)20-14(2,3)4/h5-6,9H,7-8H2,1-4H3,(H,16,19). The van der Waals surface area contributed by atoms with Crippen molar-refractivity contribution in [2.45, 2.75) is 46.4 Å². The van der Waals surface area contributed by atoms with E-state index in [-0.39, 0.29) is 0 Å². The molecule has 0 atom stereocenters. The number of carbonyl (C=O) groups excluding carboxylic acids is 1. The number of aromatic nitrogens is 3. The number of amides is 1. The number of imidazole rings is 1. The van der Waals surface area contributed by atoms with Crippen molar-refractivity contribution >= 4 is 6.09 Å². The maximum absolute atomic E-state index is 11.6. The molecule has 21 heavy (non-hydrogen) atoms. The van der Waals surface area contributed by atoms with Crippen molar-refractivity contribution < 1.29 is 14.1 Å². The summed E-state index contributed by atoms with van der Waals surface area (Å²) in [7, 11) is 0. The van der Waals surface area contributed by atoms with Gasteiger partial charge in [0.2, 0.25) is 0 Å². The lowest BCUT2D eigenvalue weighted by molar-refractivity contribution is 0.0522. The molecule has 1 amide bonds. The van der Waals surface area contributed by atoms with Crippen LogP contribution in [0, 0.1) is 6.92 Å². The fourth-order valence-corrected chi connectivity index (χ4v) is 1.78. The number of ether oxygens (including phenoxy) is 1. The van der Waals surface area contributed by atoms with Crippen LogP contribution in [-0.4, -0.2) is 26.4 Å². The molecule has 0 aliphatic heterocycles. The van der Waals surface area contributed by atoms with Gasteiger partial charge in [0.1, 0.15) is 17.1 Å². The molecule has 0 spiro atoms. The van der Waals surface area contributed by atoms with Crippen LogP contribution in [0.15, 0.2) is 23.1 Å². The molecule has 1 N–H and O–H groups in total. The van der Waals surface area contributed by atoms with E-state index in [0.29, 0.717) is 13.1 Å². The van der Waals surface area contributed by atoms with Gasteiger partial charge in [0.25, 0.3) is 0 Å². The topological polar surface area (TPSA) is 82.2 Å². The highest BCUT2D eigenvalue weighted by Crippen LogP contribution is 2.09. The van der Waals surface area contributed by atoms with E-state index in [1.165, 1.54) is 0 Å². The van der Waals surface area contributed by atoms with E-state index in [1.54, 1.807) is 12.5 Å². The van der Waals surface area contributed by atoms with Crippen molar-refractivity contribution in [2.24, 2.45) is 0 Å². The Hall–Kier alpha value is -2.31. The maximum atomic E-state index is 11.6. The second-order valence-electron chi connectivity index (χ2n) is 5.80. The largest absolute Gasteiger partial charge is 0.444 e. The van der Waals surface area contributed by atoms with Gasteiger partial charge >= 0.3 is 6.09 Å². The van der Waals surface area contributed by atoms with E-state index in [0.717, 1.165) is 17.1 Å². The molecule has 0 bridgehead atoms. The van der Waals surface area contributed by atoms with Crippen molar-refractivity contribution in [3.63, 3.8) is 0 Å². The summed E-state index contributed by atoms with van der Waals surface area (Å²) in [6.07, 6.45) is 2.94. The van der Waals surface area contributed by atoms with E-state index in [9.17, 15) is 4.79 Å². The van der Waals surface area contributed by atoms with Crippen molar-refractivity contribution in [1.29, 1.82) is 0 Å². The Balaban J connectivity index is 1.93. The average molecular weight is 292 g/mol. The first-order chi connectivity index (χ1) is 9.83. The third kappa shape index (κ3) is 4.62. The van der Waals surface area contributed by atoms with Crippen LogP contribution in [-0.2, 0) is 17.8 Å². The predicted molar refractivity (Wildman–Crippen MR) is 75.6 cm³/mol. The fraction of sp³-hybridized carbons (Fsp3) is 0.500. The summed E-state index contributed by atoms with van der Waals surface area (Å²) in [5.74, 6) is 0.763. The molecule has 0 fully saturated rings. The minimum atomic E-state index is -0.511. The number of alkyl carbamates (subject to hydrolysis) is 1. The molecular weight excluding hydrogens is 272 g/mol. The molecule has 2 rings (SSSR count). The van der Waals surface area contributed by atoms with Gasteiger partial charge in [-0.25, -0.2) is 9.78 Å². The summed E-state index contributed by atoms with van der Waals surface area (Å²) in [4.78, 5) is 15.7. The SMILES string of the molecule is Cc1cc(Cn2cncc2CNC(=O)OC(C)(C)C)no1. The number of nitrogens with one attached hydrogen (secondary N) is 1. The van der Waals surface area contributed by atoms with Crippen molar-refractivity contribution in [2.75, 3.05) is 0 Å². The van der Waals surface area contributed by atoms with E-state index in [4.69, 9.17) is 9.26 Å². The monoisotopic (exact) mass is 292 g/mol. The number of aryl methyl sites for hydroxylation is 1. The molecule has 2 aromatic rings. The Morgan fingerprint density at radius 1 is 1.48 bits per heavy atom. The highest BCUT2D eigenvalue weighted by molar-refractivity contribution is 5.67. The van der Waals surface area contributed by atoms with Gasteiger partial charge < -0.3 is 19.1 Å². The van der Waals surface area contributed by atoms with Crippen molar-refractivity contribution in [3.8, 4) is 0 Å². The van der Waals surface area contributed by atoms with E-state index >= 15 is 0 Å². The Kier molecular flexibility index (Phi) is 4.30. The highest BCUT2D eigenvalue weighted by atomic mass is 16.6. The molecule has 0 unspecified atom stereocenters. The van der Waals surface area contributed by atoms with E-state index in [1.807, 2.05) is 38.3 Å². The molecule has 2 aromatic heterocycles. The second kappa shape index (κ2) is 5.99. The van der Waals surface area contributed by atoms with Gasteiger partial charge in [0.15, 0.2) is 0 Å². The van der Waals surface area contributed by atoms with Gasteiger partial charge in [-0.15, -0.1) is 0 Å². The van der Waals surface area contributed by atoms with Crippen LogP contribution >= 0.6 is 0 Å². The minimum absolute atomic E-state index is 0.339. The summed E-state index contributed by atoms with van der Waals surface area (Å²) in [5.41, 5.74) is 1.16. The molecule has 0 radical (unpaired) electrons. The van der Waals surface area contributed by atoms with Crippen LogP contribution in [0.5, 0.6) is 0 Å². The van der Waals surface area contributed by atoms with Crippen LogP contribution < -0.4 is 5.32 Å². The van der Waals surface area contributed by atoms with Crippen LogP contribution in [0.4, 0.5) is 4.79 Å². The Morgan fingerprint density at radius 2 is 2.24 bits per heavy atom. The smallest absolute Gasteiger partial charge is 0.407 e. The zero-order valence-corrected chi connectivity index (χ0v) is 12.7. The molecule has 7 nitrogen and oxygen atoms in total. The van der Waals surface area contributed by atoms with Gasteiger partial charge in [-0.1, -0.05) is 5.16 Å². The molecular formula is C14H20N4O3. The molecule has 0 saturated heterocycles. The van der Waals surface area contributed by atoms with Gasteiger partial charge in [0.05, 0.1) is 25.1 Å². The summed E-state index contributed by atoms with van der Waals surface area (Å²) in [5, 5.41) is 6.65. The first-order valence-electron chi connectivity index (χ1n) is 6.71.